The van der Waals surface area contributed by atoms with Crippen LogP contribution in [0.25, 0.3) is 0 Å². The predicted octanol–water partition coefficient (Wildman–Crippen LogP) is 10.7. The second kappa shape index (κ2) is 19.1. The third kappa shape index (κ3) is 12.6. The zero-order valence-corrected chi connectivity index (χ0v) is 30.9. The van der Waals surface area contributed by atoms with E-state index in [1.54, 1.807) is 6.92 Å². The smallest absolute Gasteiger partial charge is 0.0184 e. The maximum Gasteiger partial charge on any atom is 0.0184 e. The molecule has 4 rings (SSSR count). The molecule has 1 fully saturated rings. The zero-order chi connectivity index (χ0) is 32.1. The minimum absolute atomic E-state index is 0.0853. The van der Waals surface area contributed by atoms with Gasteiger partial charge in [-0.2, -0.15) is 6.67 Å². The summed E-state index contributed by atoms with van der Waals surface area (Å²) < 4.78 is 7.54. The molecule has 0 spiro atoms. The summed E-state index contributed by atoms with van der Waals surface area (Å²) in [5, 5.41) is 0. The van der Waals surface area contributed by atoms with E-state index in [0.29, 0.717) is 12.5 Å². The largest absolute Gasteiger partial charge is 0.505 e. The van der Waals surface area contributed by atoms with E-state index in [-0.39, 0.29) is 11.9 Å². The molecule has 7 heteroatoms. The minimum atomic E-state index is -1.91. The number of nitrogens with zero attached hydrogens (tertiary/aromatic N) is 2. The number of benzene rings is 2. The van der Waals surface area contributed by atoms with Gasteiger partial charge in [0.1, 0.15) is 0 Å². The van der Waals surface area contributed by atoms with Crippen LogP contribution in [0.1, 0.15) is 119 Å². The quantitative estimate of drug-likeness (QED) is 0.210. The normalized spacial score (nSPS) is 17.0. The molecule has 2 aromatic carbocycles. The van der Waals surface area contributed by atoms with Crippen LogP contribution in [-0.4, -0.2) is 27.4 Å². The fourth-order valence-corrected chi connectivity index (χ4v) is 8.04. The molecule has 4 nitrogen and oxygen atoms in total. The Morgan fingerprint density at radius 1 is 0.932 bits per heavy atom. The van der Waals surface area contributed by atoms with Crippen LogP contribution in [0.15, 0.2) is 42.7 Å². The maximum absolute atomic E-state index is 11.1. The van der Waals surface area contributed by atoms with Crippen molar-refractivity contribution in [2.45, 2.75) is 131 Å². The summed E-state index contributed by atoms with van der Waals surface area (Å²) in [7, 11) is 11.8. The Kier molecular flexibility index (Phi) is 16.0. The summed E-state index contributed by atoms with van der Waals surface area (Å²) in [4.78, 5) is 15.9. The summed E-state index contributed by atoms with van der Waals surface area (Å²) >= 11 is -1.91. The second-order valence-electron chi connectivity index (χ2n) is 12.7. The first-order valence-electron chi connectivity index (χ1n) is 16.3. The molecule has 2 aliphatic rings. The van der Waals surface area contributed by atoms with E-state index in [0.717, 1.165) is 16.9 Å². The molecule has 1 aliphatic carbocycles. The van der Waals surface area contributed by atoms with Gasteiger partial charge in [-0.3, -0.25) is 0 Å². The van der Waals surface area contributed by atoms with Crippen LogP contribution in [0.4, 0.5) is 5.69 Å². The average molecular weight is 730 g/mol. The van der Waals surface area contributed by atoms with Gasteiger partial charge in [0.2, 0.25) is 0 Å². The molecule has 0 unspecified atom stereocenters. The molecule has 44 heavy (non-hydrogen) atoms. The average Bonchev–Trinajstić information content (AvgIpc) is 3.39. The molecule has 0 aromatic heterocycles. The number of Topliss-reactive ketones (excluding diaryl/α,β-unsaturated/α-hetero) is 1. The molecule has 1 heterocycles. The molecule has 2 aromatic rings. The number of ether oxygens (including phenoxy) is 1. The second-order valence-corrected chi connectivity index (χ2v) is 18.4. The molecule has 0 atom stereocenters. The fraction of sp³-hybridized carbons (Fsp3) is 0.541. The Morgan fingerprint density at radius 2 is 1.50 bits per heavy atom. The van der Waals surface area contributed by atoms with Gasteiger partial charge in [0.05, 0.1) is 0 Å². The number of carbonyl (C=O) groups is 1. The number of hydrogen-bond donors (Lipinski definition) is 0. The Balaban J connectivity index is 0.000000259. The zero-order valence-electron chi connectivity index (χ0n) is 27.7. The number of halogens is 2. The first-order chi connectivity index (χ1) is 21.0. The number of anilines is 1. The van der Waals surface area contributed by atoms with Crippen LogP contribution in [0, 0.1) is 27.4 Å². The number of carbonyl (C=O) groups excluding carboxylic acids is 1. The summed E-state index contributed by atoms with van der Waals surface area (Å²) in [5.41, 5.74) is 7.26. The molecule has 246 valence electrons. The van der Waals surface area contributed by atoms with E-state index in [2.05, 4.69) is 61.8 Å². The molecule has 0 bridgehead atoms. The molecule has 1 aliphatic heterocycles. The van der Waals surface area contributed by atoms with E-state index in [4.69, 9.17) is 24.1 Å². The predicted molar refractivity (Wildman–Crippen MR) is 186 cm³/mol. The maximum atomic E-state index is 11.1. The number of hydrogen-bond acceptors (Lipinski definition) is 4. The van der Waals surface area contributed by atoms with Crippen LogP contribution >= 0.6 is 19.4 Å². The third-order valence-electron chi connectivity index (χ3n) is 8.12. The van der Waals surface area contributed by atoms with Gasteiger partial charge in [-0.1, -0.05) is 75.5 Å². The fourth-order valence-electron chi connectivity index (χ4n) is 6.26. The topological polar surface area (TPSA) is 32.8 Å². The molecule has 0 N–H and O–H groups in total. The van der Waals surface area contributed by atoms with Crippen LogP contribution in [-0.2, 0) is 24.7 Å². The van der Waals surface area contributed by atoms with Crippen molar-refractivity contribution in [1.29, 1.82) is 0 Å². The van der Waals surface area contributed by atoms with Crippen LogP contribution < -0.4 is 9.64 Å². The molecule has 0 amide bonds. The number of rotatable bonds is 7. The SMILES string of the molecule is CC(=O)Cc1ccc(OC(C)C)c([CH]=[Ru]([Cl])[Cl])c1.Cc1cc(C)c(N2C=CN(C3CCCCCCCCCCC3)[CH-]2)c(C)c1. The number of aryl methyl sites for hydroxylation is 3. The summed E-state index contributed by atoms with van der Waals surface area (Å²) in [6.45, 7) is 14.5. The van der Waals surface area contributed by atoms with E-state index in [1.807, 2.05) is 36.7 Å². The first-order valence-corrected chi connectivity index (χ1v) is 21.8. The van der Waals surface area contributed by atoms with E-state index < -0.39 is 13.5 Å². The van der Waals surface area contributed by atoms with E-state index >= 15 is 0 Å². The monoisotopic (exact) mass is 729 g/mol. The van der Waals surface area contributed by atoms with Crippen LogP contribution in [0.5, 0.6) is 5.75 Å². The van der Waals surface area contributed by atoms with Crippen molar-refractivity contribution in [1.82, 2.24) is 4.90 Å². The summed E-state index contributed by atoms with van der Waals surface area (Å²) in [6, 6.07) is 10.9. The Labute approximate surface area is 280 Å². The van der Waals surface area contributed by atoms with Gasteiger partial charge in [0.15, 0.2) is 0 Å². The van der Waals surface area contributed by atoms with E-state index in [9.17, 15) is 4.79 Å². The van der Waals surface area contributed by atoms with Crippen molar-refractivity contribution in [2.24, 2.45) is 0 Å². The first kappa shape index (κ1) is 36.8. The molecule has 1 saturated carbocycles. The van der Waals surface area contributed by atoms with Gasteiger partial charge in [0.25, 0.3) is 0 Å². The molecular weight excluding hydrogens is 676 g/mol. The third-order valence-corrected chi connectivity index (χ3v) is 9.96. The van der Waals surface area contributed by atoms with Gasteiger partial charge in [-0.25, -0.2) is 0 Å². The summed E-state index contributed by atoms with van der Waals surface area (Å²) in [6.07, 6.45) is 20.5. The van der Waals surface area contributed by atoms with E-state index in [1.165, 1.54) is 93.0 Å². The van der Waals surface area contributed by atoms with Gasteiger partial charge < -0.3 is 9.80 Å². The van der Waals surface area contributed by atoms with Gasteiger partial charge in [0, 0.05) is 11.7 Å². The number of ketones is 1. The molecule has 0 radical (unpaired) electrons. The van der Waals surface area contributed by atoms with Crippen molar-refractivity contribution in [3.05, 3.63) is 77.2 Å². The van der Waals surface area contributed by atoms with Gasteiger partial charge in [-0.15, -0.1) is 0 Å². The van der Waals surface area contributed by atoms with Crippen molar-refractivity contribution in [3.63, 3.8) is 0 Å². The Bertz CT molecular complexity index is 1240. The summed E-state index contributed by atoms with van der Waals surface area (Å²) in [5.74, 6) is 0.890. The van der Waals surface area contributed by atoms with Crippen molar-refractivity contribution >= 4 is 35.5 Å². The Morgan fingerprint density at radius 3 is 2.02 bits per heavy atom. The van der Waals surface area contributed by atoms with Gasteiger partial charge in [-0.05, 0) is 57.1 Å². The Hall–Kier alpha value is -1.68. The van der Waals surface area contributed by atoms with Crippen LogP contribution in [0.3, 0.4) is 0 Å². The van der Waals surface area contributed by atoms with Crippen molar-refractivity contribution in [3.8, 4) is 5.75 Å². The van der Waals surface area contributed by atoms with Crippen LogP contribution in [0.2, 0.25) is 0 Å². The minimum Gasteiger partial charge on any atom is -0.505 e. The standard InChI is InChI=1S/C24H37N2.C13H16O2.2ClH.Ru/c1-20-17-21(2)24(22(3)18-20)26-16-15-25(19-26)23-13-11-9-7-5-4-6-8-10-12-14-23;1-9(2)15-13-6-5-12(7-10(13)3)8-11(4)14;;;/h15-19,23H,4-14H2,1-3H3;3,5-7,9H,8H2,1-2,4H3;2*1H;/q-1;;;;+2/p-2. The van der Waals surface area contributed by atoms with Crippen molar-refractivity contribution < 1.29 is 23.0 Å². The molecule has 0 saturated heterocycles. The van der Waals surface area contributed by atoms with Gasteiger partial charge >= 0.3 is 121 Å². The molecular formula is C37H53Cl2N2O2Ru-. The van der Waals surface area contributed by atoms with Crippen molar-refractivity contribution in [2.75, 3.05) is 4.90 Å².